The van der Waals surface area contributed by atoms with Crippen molar-refractivity contribution in [2.45, 2.75) is 18.3 Å². The minimum Gasteiger partial charge on any atom is -0.348 e. The number of hydrogen-bond acceptors (Lipinski definition) is 2. The number of nitrogens with one attached hydrogen (secondary N) is 1. The molecule has 0 aliphatic heterocycles. The van der Waals surface area contributed by atoms with E-state index in [0.717, 1.165) is 11.1 Å². The molecule has 2 rings (SSSR count). The normalized spacial score (nSPS) is 13.0. The van der Waals surface area contributed by atoms with E-state index in [0.29, 0.717) is 5.56 Å². The predicted octanol–water partition coefficient (Wildman–Crippen LogP) is 3.72. The summed E-state index contributed by atoms with van der Waals surface area (Å²) in [6, 6.07) is 18.2. The minimum atomic E-state index is -0.716. The van der Waals surface area contributed by atoms with Crippen molar-refractivity contribution in [2.75, 3.05) is 0 Å². The molecule has 0 aromatic heterocycles. The van der Waals surface area contributed by atoms with E-state index in [1.165, 1.54) is 0 Å². The molecule has 0 saturated heterocycles. The summed E-state index contributed by atoms with van der Waals surface area (Å²) in [5, 5.41) is 10.9. The van der Waals surface area contributed by atoms with Gasteiger partial charge in [0.15, 0.2) is 0 Å². The Morgan fingerprint density at radius 1 is 1.10 bits per heavy atom. The zero-order valence-electron chi connectivity index (χ0n) is 11.6. The van der Waals surface area contributed by atoms with Crippen molar-refractivity contribution in [3.8, 4) is 6.07 Å². The Morgan fingerprint density at radius 3 is 2.29 bits per heavy atom. The monoisotopic (exact) mass is 298 g/mol. The lowest BCUT2D eigenvalue weighted by Gasteiger charge is -2.17. The Balaban J connectivity index is 2.03. The van der Waals surface area contributed by atoms with Crippen LogP contribution in [0.1, 0.15) is 35.0 Å². The van der Waals surface area contributed by atoms with Crippen LogP contribution in [0, 0.1) is 11.3 Å². The van der Waals surface area contributed by atoms with Gasteiger partial charge in [-0.25, -0.2) is 0 Å². The van der Waals surface area contributed by atoms with E-state index in [1.54, 1.807) is 12.1 Å². The largest absolute Gasteiger partial charge is 0.348 e. The predicted molar refractivity (Wildman–Crippen MR) is 82.8 cm³/mol. The molecule has 0 spiro atoms. The molecule has 2 aromatic carbocycles. The molecule has 106 valence electrons. The van der Waals surface area contributed by atoms with Gasteiger partial charge < -0.3 is 5.32 Å². The zero-order chi connectivity index (χ0) is 15.2. The molecule has 0 saturated carbocycles. The molecule has 2 unspecified atom stereocenters. The quantitative estimate of drug-likeness (QED) is 0.875. The Hall–Kier alpha value is -2.31. The third-order valence-electron chi connectivity index (χ3n) is 3.22. The minimum absolute atomic E-state index is 0.171. The number of rotatable bonds is 4. The molecule has 3 nitrogen and oxygen atoms in total. The van der Waals surface area contributed by atoms with Crippen LogP contribution in [0.25, 0.3) is 0 Å². The number of carbonyl (C=O) groups is 1. The average Bonchev–Trinajstić information content (AvgIpc) is 2.55. The van der Waals surface area contributed by atoms with Crippen LogP contribution >= 0.6 is 11.6 Å². The molecule has 1 amide bonds. The van der Waals surface area contributed by atoms with Crippen LogP contribution in [0.4, 0.5) is 0 Å². The first-order valence-corrected chi connectivity index (χ1v) is 7.05. The van der Waals surface area contributed by atoms with Gasteiger partial charge in [0, 0.05) is 0 Å². The molecule has 2 atom stereocenters. The molecule has 0 radical (unpaired) electrons. The summed E-state index contributed by atoms with van der Waals surface area (Å²) in [7, 11) is 0. The molecule has 21 heavy (non-hydrogen) atoms. The highest BCUT2D eigenvalue weighted by molar-refractivity contribution is 6.30. The first-order chi connectivity index (χ1) is 10.1. The van der Waals surface area contributed by atoms with E-state index in [2.05, 4.69) is 11.4 Å². The van der Waals surface area contributed by atoms with Gasteiger partial charge in [-0.1, -0.05) is 42.5 Å². The van der Waals surface area contributed by atoms with Gasteiger partial charge in [-0.05, 0) is 30.2 Å². The van der Waals surface area contributed by atoms with Gasteiger partial charge in [0.1, 0.15) is 5.38 Å². The smallest absolute Gasteiger partial charge is 0.243 e. The van der Waals surface area contributed by atoms with Crippen molar-refractivity contribution in [1.29, 1.82) is 5.26 Å². The summed E-state index contributed by atoms with van der Waals surface area (Å²) in [5.74, 6) is -0.236. The maximum atomic E-state index is 12.2. The zero-order valence-corrected chi connectivity index (χ0v) is 12.3. The van der Waals surface area contributed by atoms with Crippen LogP contribution in [-0.2, 0) is 4.79 Å². The highest BCUT2D eigenvalue weighted by atomic mass is 35.5. The maximum absolute atomic E-state index is 12.2. The van der Waals surface area contributed by atoms with Gasteiger partial charge in [0.05, 0.1) is 17.7 Å². The van der Waals surface area contributed by atoms with Gasteiger partial charge >= 0.3 is 0 Å². The highest BCUT2D eigenvalue weighted by Crippen LogP contribution is 2.22. The fraction of sp³-hybridized carbons (Fsp3) is 0.176. The molecule has 1 N–H and O–H groups in total. The van der Waals surface area contributed by atoms with Crippen molar-refractivity contribution in [1.82, 2.24) is 5.32 Å². The fourth-order valence-corrected chi connectivity index (χ4v) is 2.20. The van der Waals surface area contributed by atoms with Gasteiger partial charge in [0.2, 0.25) is 5.91 Å². The topological polar surface area (TPSA) is 52.9 Å². The first-order valence-electron chi connectivity index (χ1n) is 6.61. The Kier molecular flexibility index (Phi) is 4.97. The van der Waals surface area contributed by atoms with E-state index in [9.17, 15) is 4.79 Å². The van der Waals surface area contributed by atoms with Crippen molar-refractivity contribution in [3.63, 3.8) is 0 Å². The third-order valence-corrected chi connectivity index (χ3v) is 3.67. The lowest BCUT2D eigenvalue weighted by atomic mass is 10.1. The van der Waals surface area contributed by atoms with Gasteiger partial charge in [0.25, 0.3) is 0 Å². The van der Waals surface area contributed by atoms with E-state index in [4.69, 9.17) is 16.9 Å². The summed E-state index contributed by atoms with van der Waals surface area (Å²) in [6.45, 7) is 1.88. The summed E-state index contributed by atoms with van der Waals surface area (Å²) >= 11 is 6.18. The van der Waals surface area contributed by atoms with Crippen LogP contribution in [0.2, 0.25) is 0 Å². The summed E-state index contributed by atoms with van der Waals surface area (Å²) in [6.07, 6.45) is 0. The standard InChI is InChI=1S/C17H15ClN2O/c1-12(14-9-7-13(11-19)8-10-14)20-17(21)16(18)15-5-3-2-4-6-15/h2-10,12,16H,1H3,(H,20,21). The third kappa shape index (κ3) is 3.84. The van der Waals surface area contributed by atoms with Crippen LogP contribution < -0.4 is 5.32 Å². The molecule has 0 aliphatic rings. The van der Waals surface area contributed by atoms with E-state index < -0.39 is 5.38 Å². The van der Waals surface area contributed by atoms with Crippen molar-refractivity contribution >= 4 is 17.5 Å². The number of halogens is 1. The first kappa shape index (κ1) is 15.1. The van der Waals surface area contributed by atoms with Gasteiger partial charge in [-0.15, -0.1) is 11.6 Å². The fourth-order valence-electron chi connectivity index (χ4n) is 1.99. The number of amides is 1. The molecule has 2 aromatic rings. The Morgan fingerprint density at radius 2 is 1.71 bits per heavy atom. The molecule has 0 bridgehead atoms. The SMILES string of the molecule is CC(NC(=O)C(Cl)c1ccccc1)c1ccc(C#N)cc1. The lowest BCUT2D eigenvalue weighted by Crippen LogP contribution is -2.29. The maximum Gasteiger partial charge on any atom is 0.243 e. The summed E-state index contributed by atoms with van der Waals surface area (Å²) in [5.41, 5.74) is 2.29. The molecular weight excluding hydrogens is 284 g/mol. The van der Waals surface area contributed by atoms with Crippen molar-refractivity contribution in [2.24, 2.45) is 0 Å². The van der Waals surface area contributed by atoms with Gasteiger partial charge in [-0.2, -0.15) is 5.26 Å². The van der Waals surface area contributed by atoms with Crippen molar-refractivity contribution < 1.29 is 4.79 Å². The second kappa shape index (κ2) is 6.92. The van der Waals surface area contributed by atoms with Crippen LogP contribution in [0.15, 0.2) is 54.6 Å². The highest BCUT2D eigenvalue weighted by Gasteiger charge is 2.19. The Bertz CT molecular complexity index is 647. The number of alkyl halides is 1. The molecule has 0 fully saturated rings. The number of nitrogens with zero attached hydrogens (tertiary/aromatic N) is 1. The number of hydrogen-bond donors (Lipinski definition) is 1. The van der Waals surface area contributed by atoms with E-state index in [1.807, 2.05) is 49.4 Å². The molecule has 0 heterocycles. The summed E-state index contributed by atoms with van der Waals surface area (Å²) < 4.78 is 0. The number of carbonyl (C=O) groups excluding carboxylic acids is 1. The molecular formula is C17H15ClN2O. The van der Waals surface area contributed by atoms with Crippen LogP contribution in [-0.4, -0.2) is 5.91 Å². The van der Waals surface area contributed by atoms with Crippen molar-refractivity contribution in [3.05, 3.63) is 71.3 Å². The number of benzene rings is 2. The number of nitriles is 1. The van der Waals surface area contributed by atoms with Crippen LogP contribution in [0.3, 0.4) is 0 Å². The second-order valence-electron chi connectivity index (χ2n) is 4.74. The molecule has 0 aliphatic carbocycles. The van der Waals surface area contributed by atoms with Crippen LogP contribution in [0.5, 0.6) is 0 Å². The average molecular weight is 299 g/mol. The summed E-state index contributed by atoms with van der Waals surface area (Å²) in [4.78, 5) is 12.2. The van der Waals surface area contributed by atoms with E-state index >= 15 is 0 Å². The lowest BCUT2D eigenvalue weighted by molar-refractivity contribution is -0.121. The molecule has 4 heteroatoms. The second-order valence-corrected chi connectivity index (χ2v) is 5.17. The van der Waals surface area contributed by atoms with E-state index in [-0.39, 0.29) is 11.9 Å². The van der Waals surface area contributed by atoms with Gasteiger partial charge in [-0.3, -0.25) is 4.79 Å². The Labute approximate surface area is 129 Å².